The van der Waals surface area contributed by atoms with Crippen LogP contribution in [-0.2, 0) is 16.6 Å². The van der Waals surface area contributed by atoms with Gasteiger partial charge in [0.25, 0.3) is 5.91 Å². The first kappa shape index (κ1) is 10.6. The molecule has 0 heterocycles. The minimum atomic E-state index is -2.71. The average molecular weight is 222 g/mol. The molecule has 8 heteroatoms. The first-order valence-corrected chi connectivity index (χ1v) is 5.92. The van der Waals surface area contributed by atoms with Gasteiger partial charge in [-0.15, -0.1) is 0 Å². The summed E-state index contributed by atoms with van der Waals surface area (Å²) in [7, 11) is 0. The van der Waals surface area contributed by atoms with E-state index in [1.54, 1.807) is 0 Å². The van der Waals surface area contributed by atoms with E-state index in [2.05, 4.69) is 16.9 Å². The van der Waals surface area contributed by atoms with Crippen LogP contribution >= 0.6 is 29.7 Å². The van der Waals surface area contributed by atoms with E-state index in [0.717, 1.165) is 0 Å². The van der Waals surface area contributed by atoms with Gasteiger partial charge in [0.2, 0.25) is 0 Å². The van der Waals surface area contributed by atoms with E-state index in [-0.39, 0.29) is 0 Å². The van der Waals surface area contributed by atoms with Crippen LogP contribution in [0.5, 0.6) is 0 Å². The molecule has 4 nitrogen and oxygen atoms in total. The van der Waals surface area contributed by atoms with Crippen molar-refractivity contribution in [2.75, 3.05) is 0 Å². The van der Waals surface area contributed by atoms with Gasteiger partial charge in [0, 0.05) is 0 Å². The highest BCUT2D eigenvalue weighted by Gasteiger charge is 2.15. The van der Waals surface area contributed by atoms with E-state index < -0.39 is 17.2 Å². The monoisotopic (exact) mass is 221 g/mol. The summed E-state index contributed by atoms with van der Waals surface area (Å²) >= 11 is 14.8. The Bertz CT molecular complexity index is 179. The van der Waals surface area contributed by atoms with Crippen molar-refractivity contribution in [1.29, 1.82) is 0 Å². The molecule has 0 bridgehead atoms. The summed E-state index contributed by atoms with van der Waals surface area (Å²) in [5.74, 6) is -0.656. The molecule has 0 atom stereocenters. The molecule has 0 aromatic carbocycles. The smallest absolute Gasteiger partial charge is 0.258 e. The lowest BCUT2D eigenvalue weighted by molar-refractivity contribution is -0.117. The van der Waals surface area contributed by atoms with Gasteiger partial charge in [-0.2, -0.15) is 0 Å². The SMILES string of the molecule is NP(N)(=S)NC(=O)C(Cl)Cl. The molecule has 0 rings (SSSR count). The van der Waals surface area contributed by atoms with Crippen molar-refractivity contribution in [1.82, 2.24) is 5.09 Å². The molecule has 5 N–H and O–H groups in total. The van der Waals surface area contributed by atoms with Gasteiger partial charge in [-0.3, -0.25) is 15.8 Å². The van der Waals surface area contributed by atoms with Gasteiger partial charge in [-0.25, -0.2) is 0 Å². The van der Waals surface area contributed by atoms with Crippen LogP contribution in [-0.4, -0.2) is 10.7 Å². The molecule has 0 aromatic heterocycles. The zero-order valence-electron chi connectivity index (χ0n) is 4.75. The highest BCUT2D eigenvalue weighted by atomic mass is 35.5. The predicted octanol–water partition coefficient (Wildman–Crippen LogP) is 0.0482. The van der Waals surface area contributed by atoms with E-state index >= 15 is 0 Å². The summed E-state index contributed by atoms with van der Waals surface area (Å²) in [6, 6.07) is 0. The summed E-state index contributed by atoms with van der Waals surface area (Å²) < 4.78 is 0. The molecule has 0 saturated carbocycles. The van der Waals surface area contributed by atoms with E-state index in [0.29, 0.717) is 0 Å². The van der Waals surface area contributed by atoms with Crippen LogP contribution in [0.15, 0.2) is 0 Å². The zero-order chi connectivity index (χ0) is 8.36. The second-order valence-electron chi connectivity index (χ2n) is 1.49. The number of carbonyl (C=O) groups excluding carboxylic acids is 1. The number of nitrogens with one attached hydrogen (secondary N) is 1. The second kappa shape index (κ2) is 3.85. The number of rotatable bonds is 2. The molecular weight excluding hydrogens is 216 g/mol. The lowest BCUT2D eigenvalue weighted by Crippen LogP contribution is -2.31. The quantitative estimate of drug-likeness (QED) is 0.455. The first-order valence-electron chi connectivity index (χ1n) is 2.10. The van der Waals surface area contributed by atoms with Crippen LogP contribution < -0.4 is 16.1 Å². The van der Waals surface area contributed by atoms with Crippen molar-refractivity contribution in [2.24, 2.45) is 11.0 Å². The number of halogens is 2. The summed E-state index contributed by atoms with van der Waals surface area (Å²) in [6.07, 6.45) is 0. The van der Waals surface area contributed by atoms with Gasteiger partial charge in [0.05, 0.1) is 0 Å². The van der Waals surface area contributed by atoms with Crippen LogP contribution in [0.1, 0.15) is 0 Å². The Morgan fingerprint density at radius 2 is 2.00 bits per heavy atom. The summed E-state index contributed by atoms with van der Waals surface area (Å²) in [5, 5.41) is 2.10. The van der Waals surface area contributed by atoms with Crippen LogP contribution in [0.4, 0.5) is 0 Å². The number of nitrogens with two attached hydrogens (primary N) is 2. The first-order chi connectivity index (χ1) is 4.33. The fourth-order valence-electron chi connectivity index (χ4n) is 0.221. The lowest BCUT2D eigenvalue weighted by Gasteiger charge is -2.11. The molecule has 10 heavy (non-hydrogen) atoms. The Morgan fingerprint density at radius 1 is 1.60 bits per heavy atom. The largest absolute Gasteiger partial charge is 0.303 e. The third-order valence-corrected chi connectivity index (χ3v) is 1.72. The minimum absolute atomic E-state index is 0.656. The highest BCUT2D eigenvalue weighted by molar-refractivity contribution is 8.11. The Morgan fingerprint density at radius 3 is 2.10 bits per heavy atom. The molecule has 0 aromatic rings. The molecule has 0 spiro atoms. The third-order valence-electron chi connectivity index (χ3n) is 0.483. The van der Waals surface area contributed by atoms with Crippen molar-refractivity contribution in [2.45, 2.75) is 4.84 Å². The molecule has 0 aliphatic carbocycles. The zero-order valence-corrected chi connectivity index (χ0v) is 7.97. The molecule has 0 aliphatic rings. The number of hydrogen-bond donors (Lipinski definition) is 3. The Kier molecular flexibility index (Phi) is 4.09. The molecule has 0 fully saturated rings. The van der Waals surface area contributed by atoms with Crippen molar-refractivity contribution < 1.29 is 4.79 Å². The van der Waals surface area contributed by atoms with Gasteiger partial charge < -0.3 is 5.09 Å². The van der Waals surface area contributed by atoms with Gasteiger partial charge in [0.1, 0.15) is 0 Å². The Balaban J connectivity index is 3.94. The Labute approximate surface area is 73.4 Å². The van der Waals surface area contributed by atoms with Crippen molar-refractivity contribution >= 4 is 47.4 Å². The normalized spacial score (nSPS) is 11.7. The van der Waals surface area contributed by atoms with E-state index in [1.165, 1.54) is 0 Å². The molecule has 0 aliphatic heterocycles. The van der Waals surface area contributed by atoms with Crippen molar-refractivity contribution in [3.8, 4) is 0 Å². The molecule has 0 radical (unpaired) electrons. The van der Waals surface area contributed by atoms with Crippen LogP contribution in [0.25, 0.3) is 0 Å². The van der Waals surface area contributed by atoms with Crippen LogP contribution in [0.3, 0.4) is 0 Å². The second-order valence-corrected chi connectivity index (χ2v) is 6.04. The van der Waals surface area contributed by atoms with Gasteiger partial charge in [0.15, 0.2) is 11.3 Å². The maximum absolute atomic E-state index is 10.6. The summed E-state index contributed by atoms with van der Waals surface area (Å²) in [4.78, 5) is 9.41. The lowest BCUT2D eigenvalue weighted by atomic mass is 10.8. The van der Waals surface area contributed by atoms with Crippen molar-refractivity contribution in [3.05, 3.63) is 0 Å². The summed E-state index contributed by atoms with van der Waals surface area (Å²) in [6.45, 7) is -2.71. The maximum Gasteiger partial charge on any atom is 0.258 e. The van der Waals surface area contributed by atoms with E-state index in [9.17, 15) is 4.79 Å². The molecule has 1 amide bonds. The van der Waals surface area contributed by atoms with Gasteiger partial charge >= 0.3 is 0 Å². The van der Waals surface area contributed by atoms with E-state index in [1.807, 2.05) is 0 Å². The molecule has 60 valence electrons. The minimum Gasteiger partial charge on any atom is -0.303 e. The summed E-state index contributed by atoms with van der Waals surface area (Å²) in [5.41, 5.74) is 10.3. The number of carbonyl (C=O) groups is 1. The van der Waals surface area contributed by atoms with E-state index in [4.69, 9.17) is 34.2 Å². The number of amides is 1. The fraction of sp³-hybridized carbons (Fsp3) is 0.500. The number of alkyl halides is 2. The van der Waals surface area contributed by atoms with Crippen LogP contribution in [0.2, 0.25) is 0 Å². The average Bonchev–Trinajstić information content (AvgIpc) is 1.60. The highest BCUT2D eigenvalue weighted by Crippen LogP contribution is 2.19. The van der Waals surface area contributed by atoms with Gasteiger partial charge in [-0.1, -0.05) is 23.2 Å². The molecular formula is C2H6Cl2N3OPS. The Hall–Kier alpha value is 0.620. The fourth-order valence-corrected chi connectivity index (χ4v) is 1.23. The predicted molar refractivity (Wildman–Crippen MR) is 46.3 cm³/mol. The standard InChI is InChI=1S/C2H6Cl2N3OPS/c3-1(4)2(8)7-9(5,6)10/h1H,(H5,5,6,7,8,10). The molecule has 0 saturated heterocycles. The third kappa shape index (κ3) is 5.41. The number of hydrogen-bond acceptors (Lipinski definition) is 2. The van der Waals surface area contributed by atoms with Crippen LogP contribution in [0, 0.1) is 0 Å². The van der Waals surface area contributed by atoms with Gasteiger partial charge in [-0.05, 0) is 11.8 Å². The maximum atomic E-state index is 10.6. The van der Waals surface area contributed by atoms with Crippen molar-refractivity contribution in [3.63, 3.8) is 0 Å². The molecule has 0 unspecified atom stereocenters. The topological polar surface area (TPSA) is 81.1 Å².